The van der Waals surface area contributed by atoms with Gasteiger partial charge in [0.05, 0.1) is 0 Å². The number of aliphatic carboxylic acids is 1. The first-order valence-corrected chi connectivity index (χ1v) is 6.87. The van der Waals surface area contributed by atoms with Crippen LogP contribution in [0.25, 0.3) is 5.57 Å². The van der Waals surface area contributed by atoms with E-state index in [1.807, 2.05) is 6.07 Å². The standard InChI is InChI=1S/C14H20O2S/c1-4-5-11(9-14(15)16)13-7-6-12(17-13)8-10(2)3/h6-7,9-10H,4-5,8H2,1-3H3,(H,15,16)/b11-9+. The molecule has 1 rings (SSSR count). The molecular formula is C14H20O2S. The Labute approximate surface area is 107 Å². The van der Waals surface area contributed by atoms with E-state index in [4.69, 9.17) is 5.11 Å². The fraction of sp³-hybridized carbons (Fsp3) is 0.500. The van der Waals surface area contributed by atoms with Crippen LogP contribution in [0.1, 0.15) is 43.4 Å². The maximum absolute atomic E-state index is 10.8. The van der Waals surface area contributed by atoms with Crippen LogP contribution in [0.3, 0.4) is 0 Å². The van der Waals surface area contributed by atoms with Gasteiger partial charge in [-0.05, 0) is 36.5 Å². The molecule has 0 bridgehead atoms. The zero-order chi connectivity index (χ0) is 12.8. The van der Waals surface area contributed by atoms with Crippen molar-refractivity contribution in [3.63, 3.8) is 0 Å². The van der Waals surface area contributed by atoms with Crippen molar-refractivity contribution in [3.05, 3.63) is 28.0 Å². The summed E-state index contributed by atoms with van der Waals surface area (Å²) in [6, 6.07) is 4.16. The van der Waals surface area contributed by atoms with Crippen LogP contribution in [-0.4, -0.2) is 11.1 Å². The Balaban J connectivity index is 2.88. The van der Waals surface area contributed by atoms with Crippen LogP contribution in [-0.2, 0) is 11.2 Å². The number of carboxylic acids is 1. The van der Waals surface area contributed by atoms with Crippen LogP contribution in [0.5, 0.6) is 0 Å². The van der Waals surface area contributed by atoms with Crippen LogP contribution in [0.4, 0.5) is 0 Å². The second-order valence-corrected chi connectivity index (χ2v) is 5.79. The van der Waals surface area contributed by atoms with Crippen LogP contribution < -0.4 is 0 Å². The van der Waals surface area contributed by atoms with Crippen molar-refractivity contribution in [1.82, 2.24) is 0 Å². The molecule has 0 aromatic carbocycles. The van der Waals surface area contributed by atoms with Gasteiger partial charge in [0.2, 0.25) is 0 Å². The van der Waals surface area contributed by atoms with E-state index in [1.54, 1.807) is 11.3 Å². The lowest BCUT2D eigenvalue weighted by Crippen LogP contribution is -1.91. The molecule has 0 amide bonds. The van der Waals surface area contributed by atoms with Crippen molar-refractivity contribution < 1.29 is 9.90 Å². The molecule has 1 heterocycles. The van der Waals surface area contributed by atoms with Crippen molar-refractivity contribution >= 4 is 22.9 Å². The second kappa shape index (κ2) is 6.60. The first-order valence-electron chi connectivity index (χ1n) is 6.05. The third-order valence-corrected chi connectivity index (χ3v) is 3.59. The Morgan fingerprint density at radius 3 is 2.71 bits per heavy atom. The smallest absolute Gasteiger partial charge is 0.328 e. The summed E-state index contributed by atoms with van der Waals surface area (Å²) in [7, 11) is 0. The van der Waals surface area contributed by atoms with Crippen molar-refractivity contribution in [2.45, 2.75) is 40.0 Å². The summed E-state index contributed by atoms with van der Waals surface area (Å²) in [4.78, 5) is 13.2. The minimum Gasteiger partial charge on any atom is -0.478 e. The highest BCUT2D eigenvalue weighted by Gasteiger charge is 2.08. The highest BCUT2D eigenvalue weighted by atomic mass is 32.1. The van der Waals surface area contributed by atoms with Crippen LogP contribution >= 0.6 is 11.3 Å². The van der Waals surface area contributed by atoms with E-state index in [1.165, 1.54) is 11.0 Å². The molecule has 0 spiro atoms. The van der Waals surface area contributed by atoms with Gasteiger partial charge in [0.1, 0.15) is 0 Å². The summed E-state index contributed by atoms with van der Waals surface area (Å²) in [6.07, 6.45) is 4.20. The molecule has 0 aliphatic rings. The molecule has 1 aromatic rings. The maximum Gasteiger partial charge on any atom is 0.328 e. The normalized spacial score (nSPS) is 12.1. The van der Waals surface area contributed by atoms with Gasteiger partial charge in [-0.3, -0.25) is 0 Å². The van der Waals surface area contributed by atoms with E-state index < -0.39 is 5.97 Å². The quantitative estimate of drug-likeness (QED) is 0.770. The minimum atomic E-state index is -0.854. The Morgan fingerprint density at radius 1 is 1.47 bits per heavy atom. The molecule has 0 radical (unpaired) electrons. The van der Waals surface area contributed by atoms with Crippen molar-refractivity contribution in [1.29, 1.82) is 0 Å². The van der Waals surface area contributed by atoms with E-state index in [0.717, 1.165) is 29.7 Å². The Bertz CT molecular complexity index is 402. The zero-order valence-corrected chi connectivity index (χ0v) is 11.5. The monoisotopic (exact) mass is 252 g/mol. The largest absolute Gasteiger partial charge is 0.478 e. The minimum absolute atomic E-state index is 0.638. The Kier molecular flexibility index (Phi) is 5.42. The molecule has 0 aliphatic carbocycles. The zero-order valence-electron chi connectivity index (χ0n) is 10.7. The lowest BCUT2D eigenvalue weighted by molar-refractivity contribution is -0.131. The third-order valence-electron chi connectivity index (χ3n) is 2.40. The van der Waals surface area contributed by atoms with E-state index >= 15 is 0 Å². The van der Waals surface area contributed by atoms with Crippen molar-refractivity contribution in [3.8, 4) is 0 Å². The number of rotatable bonds is 6. The Morgan fingerprint density at radius 2 is 2.18 bits per heavy atom. The number of thiophene rings is 1. The van der Waals surface area contributed by atoms with Crippen LogP contribution in [0.15, 0.2) is 18.2 Å². The molecule has 94 valence electrons. The van der Waals surface area contributed by atoms with E-state index in [2.05, 4.69) is 26.8 Å². The third kappa shape index (κ3) is 4.73. The van der Waals surface area contributed by atoms with Gasteiger partial charge in [-0.2, -0.15) is 0 Å². The molecular weight excluding hydrogens is 232 g/mol. The molecule has 1 N–H and O–H groups in total. The highest BCUT2D eigenvalue weighted by molar-refractivity contribution is 7.13. The van der Waals surface area contributed by atoms with Gasteiger partial charge >= 0.3 is 5.97 Å². The number of allylic oxidation sites excluding steroid dienone is 1. The fourth-order valence-corrected chi connectivity index (χ4v) is 3.01. The molecule has 17 heavy (non-hydrogen) atoms. The first-order chi connectivity index (χ1) is 8.02. The summed E-state index contributed by atoms with van der Waals surface area (Å²) in [5.74, 6) is -0.216. The van der Waals surface area contributed by atoms with Gasteiger partial charge in [0.25, 0.3) is 0 Å². The van der Waals surface area contributed by atoms with Crippen molar-refractivity contribution in [2.24, 2.45) is 5.92 Å². The van der Waals surface area contributed by atoms with E-state index in [-0.39, 0.29) is 0 Å². The molecule has 2 nitrogen and oxygen atoms in total. The molecule has 0 aliphatic heterocycles. The molecule has 0 saturated heterocycles. The maximum atomic E-state index is 10.8. The fourth-order valence-electron chi connectivity index (χ4n) is 1.75. The van der Waals surface area contributed by atoms with Gasteiger partial charge in [-0.25, -0.2) is 4.79 Å². The van der Waals surface area contributed by atoms with Gasteiger partial charge in [0.15, 0.2) is 0 Å². The lowest BCUT2D eigenvalue weighted by atomic mass is 10.1. The summed E-state index contributed by atoms with van der Waals surface area (Å²) in [5, 5.41) is 8.85. The summed E-state index contributed by atoms with van der Waals surface area (Å²) in [5.41, 5.74) is 0.944. The number of carbonyl (C=O) groups is 1. The second-order valence-electron chi connectivity index (χ2n) is 4.62. The molecule has 0 atom stereocenters. The molecule has 1 aromatic heterocycles. The SMILES string of the molecule is CCC/C(=C\C(=O)O)c1ccc(CC(C)C)s1. The average molecular weight is 252 g/mol. The summed E-state index contributed by atoms with van der Waals surface area (Å²) < 4.78 is 0. The van der Waals surface area contributed by atoms with Crippen LogP contribution in [0.2, 0.25) is 0 Å². The van der Waals surface area contributed by atoms with Crippen LogP contribution in [0, 0.1) is 5.92 Å². The summed E-state index contributed by atoms with van der Waals surface area (Å²) in [6.45, 7) is 6.46. The Hall–Kier alpha value is -1.09. The first kappa shape index (κ1) is 14.0. The summed E-state index contributed by atoms with van der Waals surface area (Å²) >= 11 is 1.72. The van der Waals surface area contributed by atoms with E-state index in [9.17, 15) is 4.79 Å². The van der Waals surface area contributed by atoms with E-state index in [0.29, 0.717) is 5.92 Å². The number of hydrogen-bond acceptors (Lipinski definition) is 2. The topological polar surface area (TPSA) is 37.3 Å². The molecule has 0 saturated carbocycles. The molecule has 0 fully saturated rings. The average Bonchev–Trinajstić information content (AvgIpc) is 2.64. The predicted octanol–water partition coefficient (Wildman–Crippen LogP) is 4.21. The molecule has 3 heteroatoms. The predicted molar refractivity (Wildman–Crippen MR) is 73.4 cm³/mol. The van der Waals surface area contributed by atoms with Gasteiger partial charge in [-0.15, -0.1) is 11.3 Å². The van der Waals surface area contributed by atoms with Crippen molar-refractivity contribution in [2.75, 3.05) is 0 Å². The van der Waals surface area contributed by atoms with Gasteiger partial charge < -0.3 is 5.11 Å². The number of hydrogen-bond donors (Lipinski definition) is 1. The lowest BCUT2D eigenvalue weighted by Gasteiger charge is -2.02. The van der Waals surface area contributed by atoms with Gasteiger partial charge in [-0.1, -0.05) is 27.2 Å². The highest BCUT2D eigenvalue weighted by Crippen LogP contribution is 2.28. The number of carboxylic acid groups (broad SMARTS) is 1. The molecule has 0 unspecified atom stereocenters. The van der Waals surface area contributed by atoms with Gasteiger partial charge in [0, 0.05) is 15.8 Å².